The molecule has 27 heavy (non-hydrogen) atoms. The lowest BCUT2D eigenvalue weighted by molar-refractivity contribution is 0.0929. The molecule has 1 fully saturated rings. The molecule has 1 amide bonds. The second-order valence-electron chi connectivity index (χ2n) is 6.97. The number of fused-ring (bicyclic) bond motifs is 1. The van der Waals surface area contributed by atoms with Crippen molar-refractivity contribution in [2.45, 2.75) is 50.0 Å². The topological polar surface area (TPSA) is 76.4 Å². The number of carbonyl (C=O) groups excluding carboxylic acids is 1. The van der Waals surface area contributed by atoms with Gasteiger partial charge in [0.2, 0.25) is 0 Å². The molecule has 1 heterocycles. The number of rotatable bonds is 8. The van der Waals surface area contributed by atoms with Crippen LogP contribution in [0.4, 0.5) is 0 Å². The molecule has 0 radical (unpaired) electrons. The summed E-state index contributed by atoms with van der Waals surface area (Å²) in [5.41, 5.74) is 1.61. The smallest absolute Gasteiger partial charge is 0.287 e. The molecule has 1 saturated carbocycles. The first-order valence-corrected chi connectivity index (χ1v) is 12.5. The van der Waals surface area contributed by atoms with E-state index >= 15 is 0 Å². The minimum Gasteiger partial charge on any atom is -0.451 e. The average molecular weight is 410 g/mol. The molecule has 1 aliphatic carbocycles. The summed E-state index contributed by atoms with van der Waals surface area (Å²) in [6, 6.07) is 7.68. The van der Waals surface area contributed by atoms with Crippen LogP contribution in [0, 0.1) is 0 Å². The number of hydrogen-bond donors (Lipinski definition) is 1. The van der Waals surface area contributed by atoms with Crippen LogP contribution in [0.15, 0.2) is 28.7 Å². The molecule has 1 aromatic carbocycles. The highest BCUT2D eigenvalue weighted by molar-refractivity contribution is 7.99. The SMILES string of the molecule is CCS(=O)(=O)CCNC(=O)c1oc2ccccc2c1CSC1CCCCC1. The summed E-state index contributed by atoms with van der Waals surface area (Å²) in [4.78, 5) is 12.7. The minimum atomic E-state index is -3.11. The van der Waals surface area contributed by atoms with E-state index in [-0.39, 0.29) is 24.0 Å². The first-order chi connectivity index (χ1) is 13.0. The van der Waals surface area contributed by atoms with Crippen molar-refractivity contribution in [3.63, 3.8) is 0 Å². The van der Waals surface area contributed by atoms with E-state index in [1.807, 2.05) is 36.0 Å². The molecule has 1 N–H and O–H groups in total. The Hall–Kier alpha value is -1.47. The molecule has 7 heteroatoms. The highest BCUT2D eigenvalue weighted by Crippen LogP contribution is 2.34. The molecule has 0 saturated heterocycles. The van der Waals surface area contributed by atoms with E-state index in [0.717, 1.165) is 16.7 Å². The average Bonchev–Trinajstić information content (AvgIpc) is 3.06. The Labute approximate surface area is 165 Å². The summed E-state index contributed by atoms with van der Waals surface area (Å²) < 4.78 is 29.1. The van der Waals surface area contributed by atoms with E-state index in [1.54, 1.807) is 6.92 Å². The number of nitrogens with one attached hydrogen (secondary N) is 1. The molecule has 5 nitrogen and oxygen atoms in total. The van der Waals surface area contributed by atoms with E-state index in [2.05, 4.69) is 5.32 Å². The highest BCUT2D eigenvalue weighted by atomic mass is 32.2. The summed E-state index contributed by atoms with van der Waals surface area (Å²) in [5.74, 6) is 0.737. The van der Waals surface area contributed by atoms with E-state index < -0.39 is 9.84 Å². The molecule has 0 aliphatic heterocycles. The second kappa shape index (κ2) is 9.15. The highest BCUT2D eigenvalue weighted by Gasteiger charge is 2.22. The third kappa shape index (κ3) is 5.29. The van der Waals surface area contributed by atoms with Gasteiger partial charge in [-0.2, -0.15) is 11.8 Å². The van der Waals surface area contributed by atoms with Crippen molar-refractivity contribution < 1.29 is 17.6 Å². The van der Waals surface area contributed by atoms with Gasteiger partial charge in [0.1, 0.15) is 5.58 Å². The zero-order chi connectivity index (χ0) is 19.3. The van der Waals surface area contributed by atoms with Crippen molar-refractivity contribution in [2.75, 3.05) is 18.1 Å². The van der Waals surface area contributed by atoms with Crippen LogP contribution in [-0.2, 0) is 15.6 Å². The van der Waals surface area contributed by atoms with Crippen LogP contribution in [0.25, 0.3) is 11.0 Å². The quantitative estimate of drug-likeness (QED) is 0.708. The number of carbonyl (C=O) groups is 1. The van der Waals surface area contributed by atoms with Gasteiger partial charge in [-0.25, -0.2) is 8.42 Å². The third-order valence-corrected chi connectivity index (χ3v) is 8.16. The maximum Gasteiger partial charge on any atom is 0.287 e. The van der Waals surface area contributed by atoms with Gasteiger partial charge in [-0.1, -0.05) is 44.4 Å². The minimum absolute atomic E-state index is 0.0539. The molecule has 0 atom stereocenters. The van der Waals surface area contributed by atoms with Gasteiger partial charge in [0, 0.05) is 34.3 Å². The molecule has 1 aromatic heterocycles. The summed E-state index contributed by atoms with van der Waals surface area (Å²) >= 11 is 1.90. The number of thioether (sulfide) groups is 1. The zero-order valence-electron chi connectivity index (χ0n) is 15.7. The van der Waals surface area contributed by atoms with Crippen molar-refractivity contribution in [3.05, 3.63) is 35.6 Å². The Morgan fingerprint density at radius 2 is 1.96 bits per heavy atom. The maximum absolute atomic E-state index is 12.7. The number of sulfone groups is 1. The molecular weight excluding hydrogens is 382 g/mol. The number of amides is 1. The summed E-state index contributed by atoms with van der Waals surface area (Å²) in [6.07, 6.45) is 6.35. The van der Waals surface area contributed by atoms with Crippen LogP contribution in [0.5, 0.6) is 0 Å². The Bertz CT molecular complexity index is 883. The summed E-state index contributed by atoms with van der Waals surface area (Å²) in [7, 11) is -3.11. The van der Waals surface area contributed by atoms with Gasteiger partial charge in [0.05, 0.1) is 5.75 Å². The number of hydrogen-bond acceptors (Lipinski definition) is 5. The second-order valence-corrected chi connectivity index (χ2v) is 10.7. The maximum atomic E-state index is 12.7. The van der Waals surface area contributed by atoms with Gasteiger partial charge in [0.15, 0.2) is 15.6 Å². The van der Waals surface area contributed by atoms with Crippen LogP contribution in [0.2, 0.25) is 0 Å². The van der Waals surface area contributed by atoms with Crippen LogP contribution >= 0.6 is 11.8 Å². The molecule has 1 aliphatic rings. The Morgan fingerprint density at radius 1 is 1.22 bits per heavy atom. The van der Waals surface area contributed by atoms with Gasteiger partial charge >= 0.3 is 0 Å². The van der Waals surface area contributed by atoms with Gasteiger partial charge in [-0.05, 0) is 18.9 Å². The first kappa shape index (κ1) is 20.3. The van der Waals surface area contributed by atoms with Gasteiger partial charge in [0.25, 0.3) is 5.91 Å². The van der Waals surface area contributed by atoms with Crippen LogP contribution < -0.4 is 5.32 Å². The van der Waals surface area contributed by atoms with Crippen molar-refractivity contribution in [1.82, 2.24) is 5.32 Å². The van der Waals surface area contributed by atoms with Crippen molar-refractivity contribution in [3.8, 4) is 0 Å². The fraction of sp³-hybridized carbons (Fsp3) is 0.550. The Morgan fingerprint density at radius 3 is 2.70 bits per heavy atom. The molecular formula is C20H27NO4S2. The predicted octanol–water partition coefficient (Wildman–Crippen LogP) is 4.16. The largest absolute Gasteiger partial charge is 0.451 e. The lowest BCUT2D eigenvalue weighted by Crippen LogP contribution is -2.29. The number of para-hydroxylation sites is 1. The third-order valence-electron chi connectivity index (χ3n) is 5.06. The molecule has 0 spiro atoms. The summed E-state index contributed by atoms with van der Waals surface area (Å²) in [5, 5.41) is 4.31. The van der Waals surface area contributed by atoms with Gasteiger partial charge in [-0.3, -0.25) is 4.79 Å². The zero-order valence-corrected chi connectivity index (χ0v) is 17.3. The van der Waals surface area contributed by atoms with Crippen LogP contribution in [0.3, 0.4) is 0 Å². The lowest BCUT2D eigenvalue weighted by atomic mass is 10.0. The van der Waals surface area contributed by atoms with Crippen molar-refractivity contribution in [1.29, 1.82) is 0 Å². The molecule has 0 unspecified atom stereocenters. The van der Waals surface area contributed by atoms with E-state index in [4.69, 9.17) is 4.42 Å². The number of furan rings is 1. The van der Waals surface area contributed by atoms with Crippen LogP contribution in [0.1, 0.15) is 55.1 Å². The molecule has 2 aromatic rings. The van der Waals surface area contributed by atoms with Crippen molar-refractivity contribution in [2.24, 2.45) is 0 Å². The molecule has 3 rings (SSSR count). The predicted molar refractivity (Wildman–Crippen MR) is 111 cm³/mol. The number of benzene rings is 1. The normalized spacial score (nSPS) is 15.9. The first-order valence-electron chi connectivity index (χ1n) is 9.61. The standard InChI is InChI=1S/C20H27NO4S2/c1-2-27(23,24)13-12-21-20(22)19-17(14-26-15-8-4-3-5-9-15)16-10-6-7-11-18(16)25-19/h6-7,10-11,15H,2-5,8-9,12-14H2,1H3,(H,21,22). The van der Waals surface area contributed by atoms with Gasteiger partial charge < -0.3 is 9.73 Å². The monoisotopic (exact) mass is 409 g/mol. The lowest BCUT2D eigenvalue weighted by Gasteiger charge is -2.20. The van der Waals surface area contributed by atoms with Gasteiger partial charge in [-0.15, -0.1) is 0 Å². The van der Waals surface area contributed by atoms with E-state index in [0.29, 0.717) is 16.6 Å². The fourth-order valence-corrected chi connectivity index (χ4v) is 5.46. The van der Waals surface area contributed by atoms with Crippen molar-refractivity contribution >= 4 is 38.5 Å². The van der Waals surface area contributed by atoms with E-state index in [1.165, 1.54) is 32.1 Å². The fourth-order valence-electron chi connectivity index (χ4n) is 3.40. The van der Waals surface area contributed by atoms with E-state index in [9.17, 15) is 13.2 Å². The van der Waals surface area contributed by atoms with Crippen LogP contribution in [-0.4, -0.2) is 37.6 Å². The Balaban J connectivity index is 1.74. The summed E-state index contributed by atoms with van der Waals surface area (Å²) in [6.45, 7) is 1.71. The molecule has 148 valence electrons. The molecule has 0 bridgehead atoms. The Kier molecular flexibility index (Phi) is 6.87.